The molecule has 122 valence electrons. The van der Waals surface area contributed by atoms with Crippen LogP contribution in [-0.4, -0.2) is 5.78 Å². The predicted octanol–water partition coefficient (Wildman–Crippen LogP) is 4.96. The number of fused-ring (bicyclic) bond motifs is 1. The Labute approximate surface area is 140 Å². The highest BCUT2D eigenvalue weighted by Gasteiger charge is 2.21. The Morgan fingerprint density at radius 2 is 1.67 bits per heavy atom. The minimum absolute atomic E-state index is 0.0882. The molecule has 3 heteroatoms. The minimum Gasteiger partial charge on any atom is -0.455 e. The average Bonchev–Trinajstić information content (AvgIpc) is 2.54. The number of Topliss-reactive ketones (excluding diaryl/α,β-unsaturated/α-hetero) is 1. The third-order valence-corrected chi connectivity index (χ3v) is 4.14. The van der Waals surface area contributed by atoms with Gasteiger partial charge in [0, 0.05) is 5.56 Å². The zero-order valence-corrected chi connectivity index (χ0v) is 14.3. The summed E-state index contributed by atoms with van der Waals surface area (Å²) < 4.78 is 5.97. The monoisotopic (exact) mass is 320 g/mol. The first-order valence-electron chi connectivity index (χ1n) is 7.97. The Balaban J connectivity index is 2.38. The smallest absolute Gasteiger partial charge is 0.204 e. The Kier molecular flexibility index (Phi) is 3.88. The van der Waals surface area contributed by atoms with Crippen LogP contribution < -0.4 is 5.43 Å². The third kappa shape index (κ3) is 2.78. The van der Waals surface area contributed by atoms with E-state index in [1.165, 1.54) is 6.92 Å². The molecule has 0 unspecified atom stereocenters. The summed E-state index contributed by atoms with van der Waals surface area (Å²) in [5, 5.41) is 0.451. The zero-order chi connectivity index (χ0) is 17.5. The molecular formula is C21H20O3. The topological polar surface area (TPSA) is 47.3 Å². The van der Waals surface area contributed by atoms with Crippen LogP contribution in [0.1, 0.15) is 43.6 Å². The van der Waals surface area contributed by atoms with Crippen molar-refractivity contribution in [3.63, 3.8) is 0 Å². The fourth-order valence-electron chi connectivity index (χ4n) is 2.77. The van der Waals surface area contributed by atoms with Gasteiger partial charge in [-0.2, -0.15) is 0 Å². The number of rotatable bonds is 2. The van der Waals surface area contributed by atoms with Gasteiger partial charge in [0.1, 0.15) is 16.9 Å². The highest BCUT2D eigenvalue weighted by molar-refractivity contribution is 6.02. The first-order chi connectivity index (χ1) is 11.3. The van der Waals surface area contributed by atoms with Crippen LogP contribution in [0.25, 0.3) is 22.3 Å². The third-order valence-electron chi connectivity index (χ3n) is 4.14. The molecule has 0 atom stereocenters. The number of benzene rings is 2. The molecule has 1 heterocycles. The summed E-state index contributed by atoms with van der Waals surface area (Å²) in [4.78, 5) is 25.1. The Hall–Kier alpha value is -2.68. The van der Waals surface area contributed by atoms with Gasteiger partial charge in [0.25, 0.3) is 0 Å². The van der Waals surface area contributed by atoms with Gasteiger partial charge in [0.15, 0.2) is 5.78 Å². The number of carbonyl (C=O) groups excluding carboxylic acids is 1. The first kappa shape index (κ1) is 16.2. The van der Waals surface area contributed by atoms with Gasteiger partial charge in [-0.05, 0) is 30.0 Å². The van der Waals surface area contributed by atoms with Gasteiger partial charge in [-0.1, -0.05) is 57.2 Å². The highest BCUT2D eigenvalue weighted by atomic mass is 16.3. The molecule has 0 amide bonds. The largest absolute Gasteiger partial charge is 0.455 e. The lowest BCUT2D eigenvalue weighted by atomic mass is 9.86. The van der Waals surface area contributed by atoms with E-state index < -0.39 is 0 Å². The van der Waals surface area contributed by atoms with Gasteiger partial charge in [-0.25, -0.2) is 0 Å². The van der Waals surface area contributed by atoms with Crippen molar-refractivity contribution in [2.45, 2.75) is 33.1 Å². The molecule has 0 aliphatic rings. The molecule has 0 radical (unpaired) electrons. The van der Waals surface area contributed by atoms with Crippen molar-refractivity contribution in [3.05, 3.63) is 69.9 Å². The summed E-state index contributed by atoms with van der Waals surface area (Å²) in [6, 6.07) is 14.9. The van der Waals surface area contributed by atoms with Gasteiger partial charge in [0.2, 0.25) is 5.43 Å². The lowest BCUT2D eigenvalue weighted by Crippen LogP contribution is -2.17. The van der Waals surface area contributed by atoms with Crippen LogP contribution in [0.2, 0.25) is 0 Å². The van der Waals surface area contributed by atoms with Crippen LogP contribution in [0.15, 0.2) is 57.7 Å². The molecule has 0 aliphatic heterocycles. The van der Waals surface area contributed by atoms with E-state index in [2.05, 4.69) is 20.8 Å². The van der Waals surface area contributed by atoms with Crippen molar-refractivity contribution in [2.24, 2.45) is 0 Å². The van der Waals surface area contributed by atoms with Crippen molar-refractivity contribution in [2.75, 3.05) is 0 Å². The van der Waals surface area contributed by atoms with E-state index in [0.29, 0.717) is 16.7 Å². The highest BCUT2D eigenvalue weighted by Crippen LogP contribution is 2.29. The quantitative estimate of drug-likeness (QED) is 0.627. The molecule has 1 aromatic heterocycles. The molecule has 0 spiro atoms. The second kappa shape index (κ2) is 5.75. The van der Waals surface area contributed by atoms with E-state index in [1.54, 1.807) is 0 Å². The van der Waals surface area contributed by atoms with Crippen LogP contribution in [-0.2, 0) is 5.41 Å². The molecular weight excluding hydrogens is 300 g/mol. The Bertz CT molecular complexity index is 974. The molecule has 24 heavy (non-hydrogen) atoms. The van der Waals surface area contributed by atoms with Crippen molar-refractivity contribution >= 4 is 16.8 Å². The first-order valence-corrected chi connectivity index (χ1v) is 7.97. The maximum Gasteiger partial charge on any atom is 0.204 e. The fourth-order valence-corrected chi connectivity index (χ4v) is 2.77. The lowest BCUT2D eigenvalue weighted by Gasteiger charge is -2.19. The molecule has 3 nitrogen and oxygen atoms in total. The second-order valence-electron chi connectivity index (χ2n) is 7.02. The second-order valence-corrected chi connectivity index (χ2v) is 7.02. The number of ketones is 1. The number of carbonyl (C=O) groups is 1. The molecule has 0 aliphatic carbocycles. The van der Waals surface area contributed by atoms with Gasteiger partial charge in [0.05, 0.1) is 5.39 Å². The van der Waals surface area contributed by atoms with E-state index >= 15 is 0 Å². The molecule has 0 fully saturated rings. The normalized spacial score (nSPS) is 11.7. The van der Waals surface area contributed by atoms with E-state index in [1.807, 2.05) is 48.5 Å². The molecule has 3 aromatic rings. The van der Waals surface area contributed by atoms with E-state index in [4.69, 9.17) is 4.42 Å². The molecule has 3 rings (SSSR count). The van der Waals surface area contributed by atoms with Crippen LogP contribution in [0.4, 0.5) is 0 Å². The fraction of sp³-hybridized carbons (Fsp3) is 0.238. The molecule has 2 aromatic carbocycles. The van der Waals surface area contributed by atoms with Crippen molar-refractivity contribution < 1.29 is 9.21 Å². The van der Waals surface area contributed by atoms with Gasteiger partial charge in [-0.3, -0.25) is 9.59 Å². The number of hydrogen-bond acceptors (Lipinski definition) is 3. The summed E-state index contributed by atoms with van der Waals surface area (Å²) in [7, 11) is 0. The average molecular weight is 320 g/mol. The summed E-state index contributed by atoms with van der Waals surface area (Å²) in [6.07, 6.45) is 0. The lowest BCUT2D eigenvalue weighted by molar-refractivity contribution is 0.101. The minimum atomic E-state index is -0.286. The Morgan fingerprint density at radius 1 is 1.00 bits per heavy atom. The standard InChI is InChI=1S/C21H20O3/c1-13(22)18-19(23)16-12-15(21(2,3)4)10-11-17(16)24-20(18)14-8-6-5-7-9-14/h5-12H,1-4H3. The van der Waals surface area contributed by atoms with E-state index in [9.17, 15) is 9.59 Å². The van der Waals surface area contributed by atoms with Crippen LogP contribution in [0, 0.1) is 0 Å². The predicted molar refractivity (Wildman–Crippen MR) is 96.6 cm³/mol. The van der Waals surface area contributed by atoms with E-state index in [0.717, 1.165) is 11.1 Å². The molecule has 0 bridgehead atoms. The van der Waals surface area contributed by atoms with Gasteiger partial charge in [-0.15, -0.1) is 0 Å². The van der Waals surface area contributed by atoms with Crippen molar-refractivity contribution in [1.29, 1.82) is 0 Å². The zero-order valence-electron chi connectivity index (χ0n) is 14.3. The summed E-state index contributed by atoms with van der Waals surface area (Å²) in [5.41, 5.74) is 2.01. The number of hydrogen-bond donors (Lipinski definition) is 0. The summed E-state index contributed by atoms with van der Waals surface area (Å²) >= 11 is 0. The summed E-state index contributed by atoms with van der Waals surface area (Å²) in [5.74, 6) is 0.0507. The SMILES string of the molecule is CC(=O)c1c(-c2ccccc2)oc2ccc(C(C)(C)C)cc2c1=O. The maximum absolute atomic E-state index is 13.0. The van der Waals surface area contributed by atoms with Crippen LogP contribution in [0.5, 0.6) is 0 Å². The molecule has 0 saturated carbocycles. The molecule has 0 N–H and O–H groups in total. The van der Waals surface area contributed by atoms with Crippen LogP contribution in [0.3, 0.4) is 0 Å². The molecule has 0 saturated heterocycles. The van der Waals surface area contributed by atoms with E-state index in [-0.39, 0.29) is 22.2 Å². The van der Waals surface area contributed by atoms with Gasteiger partial charge < -0.3 is 4.42 Å². The van der Waals surface area contributed by atoms with Gasteiger partial charge >= 0.3 is 0 Å². The van der Waals surface area contributed by atoms with Crippen LogP contribution >= 0.6 is 0 Å². The van der Waals surface area contributed by atoms with Crippen molar-refractivity contribution in [3.8, 4) is 11.3 Å². The summed E-state index contributed by atoms with van der Waals surface area (Å²) in [6.45, 7) is 7.65. The maximum atomic E-state index is 13.0. The Morgan fingerprint density at radius 3 is 2.25 bits per heavy atom. The van der Waals surface area contributed by atoms with Crippen molar-refractivity contribution in [1.82, 2.24) is 0 Å².